The van der Waals surface area contributed by atoms with Crippen LogP contribution in [0, 0.1) is 0 Å². The first-order valence-corrected chi connectivity index (χ1v) is 7.03. The molecule has 0 fully saturated rings. The predicted octanol–water partition coefficient (Wildman–Crippen LogP) is 2.94. The van der Waals surface area contributed by atoms with Crippen LogP contribution in [-0.4, -0.2) is 26.1 Å². The molecule has 0 bridgehead atoms. The lowest BCUT2D eigenvalue weighted by Gasteiger charge is -2.10. The molecule has 0 unspecified atom stereocenters. The summed E-state index contributed by atoms with van der Waals surface area (Å²) in [6.45, 7) is 0. The molecule has 1 amide bonds. The minimum atomic E-state index is -0.450. The quantitative estimate of drug-likeness (QED) is 0.538. The molecule has 5 heteroatoms. The third-order valence-corrected chi connectivity index (χ3v) is 3.65. The molecule has 2 aromatic rings. The maximum atomic E-state index is 12.4. The summed E-state index contributed by atoms with van der Waals surface area (Å²) in [4.78, 5) is 24.0. The van der Waals surface area contributed by atoms with E-state index in [9.17, 15) is 9.59 Å². The number of hydrogen-bond donors (Lipinski definition) is 1. The van der Waals surface area contributed by atoms with E-state index < -0.39 is 5.97 Å². The molecule has 0 radical (unpaired) electrons. The first-order valence-electron chi connectivity index (χ1n) is 7.03. The second-order valence-electron chi connectivity index (χ2n) is 4.98. The smallest absolute Gasteiger partial charge is 0.337 e. The summed E-state index contributed by atoms with van der Waals surface area (Å²) in [5, 5.41) is 2.77. The Balaban J connectivity index is 2.15. The van der Waals surface area contributed by atoms with Crippen molar-refractivity contribution in [3.05, 3.63) is 65.2 Å². The maximum absolute atomic E-state index is 12.4. The zero-order valence-electron chi connectivity index (χ0n) is 12.8. The van der Waals surface area contributed by atoms with Gasteiger partial charge in [0, 0.05) is 11.1 Å². The van der Waals surface area contributed by atoms with Gasteiger partial charge >= 0.3 is 5.97 Å². The largest absolute Gasteiger partial charge is 0.495 e. The highest BCUT2D eigenvalue weighted by atomic mass is 16.5. The first kappa shape index (κ1) is 14.8. The molecular weight excluding hydrogens is 294 g/mol. The van der Waals surface area contributed by atoms with Crippen LogP contribution in [-0.2, 0) is 14.3 Å². The summed E-state index contributed by atoms with van der Waals surface area (Å²) in [5.74, 6) is -0.218. The zero-order chi connectivity index (χ0) is 16.4. The van der Waals surface area contributed by atoms with E-state index in [0.29, 0.717) is 28.1 Å². The number of esters is 1. The topological polar surface area (TPSA) is 64.6 Å². The summed E-state index contributed by atoms with van der Waals surface area (Å²) in [6.07, 6.45) is 0. The molecule has 1 heterocycles. The Morgan fingerprint density at radius 2 is 1.70 bits per heavy atom. The van der Waals surface area contributed by atoms with Gasteiger partial charge in [0.15, 0.2) is 0 Å². The average molecular weight is 309 g/mol. The highest BCUT2D eigenvalue weighted by Gasteiger charge is 2.29. The van der Waals surface area contributed by atoms with Crippen molar-refractivity contribution in [2.24, 2.45) is 0 Å². The van der Waals surface area contributed by atoms with E-state index in [0.717, 1.165) is 5.56 Å². The van der Waals surface area contributed by atoms with Crippen molar-refractivity contribution in [3.63, 3.8) is 0 Å². The molecule has 0 aromatic heterocycles. The molecule has 116 valence electrons. The minimum Gasteiger partial charge on any atom is -0.495 e. The molecule has 2 aromatic carbocycles. The van der Waals surface area contributed by atoms with Crippen molar-refractivity contribution < 1.29 is 19.1 Å². The van der Waals surface area contributed by atoms with Gasteiger partial charge in [0.25, 0.3) is 5.91 Å². The van der Waals surface area contributed by atoms with E-state index in [1.165, 1.54) is 14.2 Å². The Bertz CT molecular complexity index is 809. The fourth-order valence-electron chi connectivity index (χ4n) is 2.60. The highest BCUT2D eigenvalue weighted by Crippen LogP contribution is 2.37. The number of ether oxygens (including phenoxy) is 2. The van der Waals surface area contributed by atoms with Crippen LogP contribution < -0.4 is 5.32 Å². The van der Waals surface area contributed by atoms with Crippen molar-refractivity contribution in [1.82, 2.24) is 0 Å². The second-order valence-corrected chi connectivity index (χ2v) is 4.98. The van der Waals surface area contributed by atoms with Gasteiger partial charge in [0.1, 0.15) is 5.76 Å². The number of carbonyl (C=O) groups excluding carboxylic acids is 2. The van der Waals surface area contributed by atoms with Crippen LogP contribution in [0.1, 0.15) is 21.5 Å². The van der Waals surface area contributed by atoms with E-state index >= 15 is 0 Å². The van der Waals surface area contributed by atoms with E-state index in [-0.39, 0.29) is 5.91 Å². The average Bonchev–Trinajstić information content (AvgIpc) is 2.91. The highest BCUT2D eigenvalue weighted by molar-refractivity contribution is 6.36. The lowest BCUT2D eigenvalue weighted by molar-refractivity contribution is -0.110. The molecule has 1 N–H and O–H groups in total. The standard InChI is InChI=1S/C18H15NO4/c1-22-16(11-6-4-3-5-7-11)15-13-9-8-12(18(21)23-2)10-14(13)19-17(15)20/h3-10H,1-2H3,(H,19,20)/b16-15+. The number of hydrogen-bond acceptors (Lipinski definition) is 4. The van der Waals surface area contributed by atoms with Gasteiger partial charge in [0.2, 0.25) is 0 Å². The first-order chi connectivity index (χ1) is 11.2. The van der Waals surface area contributed by atoms with E-state index in [2.05, 4.69) is 5.32 Å². The van der Waals surface area contributed by atoms with Crippen LogP contribution in [0.5, 0.6) is 0 Å². The molecule has 0 aliphatic carbocycles. The van der Waals surface area contributed by atoms with Gasteiger partial charge in [-0.1, -0.05) is 36.4 Å². The number of methoxy groups -OCH3 is 2. The van der Waals surface area contributed by atoms with Crippen LogP contribution in [0.4, 0.5) is 5.69 Å². The Hall–Kier alpha value is -3.08. The molecule has 0 saturated carbocycles. The van der Waals surface area contributed by atoms with Crippen LogP contribution >= 0.6 is 0 Å². The SMILES string of the molecule is COC(=O)c1ccc2c(c1)NC(=O)/C2=C(/OC)c1ccccc1. The molecule has 0 saturated heterocycles. The van der Waals surface area contributed by atoms with Gasteiger partial charge < -0.3 is 14.8 Å². The van der Waals surface area contributed by atoms with Crippen molar-refractivity contribution in [2.75, 3.05) is 19.5 Å². The van der Waals surface area contributed by atoms with E-state index in [1.54, 1.807) is 18.2 Å². The predicted molar refractivity (Wildman–Crippen MR) is 86.7 cm³/mol. The van der Waals surface area contributed by atoms with Gasteiger partial charge in [-0.15, -0.1) is 0 Å². The molecule has 1 aliphatic rings. The summed E-state index contributed by atoms with van der Waals surface area (Å²) in [5.41, 5.74) is 2.91. The lowest BCUT2D eigenvalue weighted by atomic mass is 10.0. The monoisotopic (exact) mass is 309 g/mol. The summed E-state index contributed by atoms with van der Waals surface area (Å²) < 4.78 is 10.2. The van der Waals surface area contributed by atoms with Gasteiger partial charge in [-0.25, -0.2) is 4.79 Å². The van der Waals surface area contributed by atoms with E-state index in [4.69, 9.17) is 9.47 Å². The van der Waals surface area contributed by atoms with Crippen LogP contribution in [0.2, 0.25) is 0 Å². The number of nitrogens with one attached hydrogen (secondary N) is 1. The molecule has 1 aliphatic heterocycles. The number of anilines is 1. The van der Waals surface area contributed by atoms with Crippen molar-refractivity contribution in [3.8, 4) is 0 Å². The van der Waals surface area contributed by atoms with Crippen LogP contribution in [0.15, 0.2) is 48.5 Å². The molecule has 23 heavy (non-hydrogen) atoms. The van der Waals surface area contributed by atoms with Crippen LogP contribution in [0.25, 0.3) is 11.3 Å². The number of benzene rings is 2. The molecule has 0 spiro atoms. The summed E-state index contributed by atoms with van der Waals surface area (Å²) in [7, 11) is 2.85. The zero-order valence-corrected chi connectivity index (χ0v) is 12.8. The number of rotatable bonds is 3. The Morgan fingerprint density at radius 1 is 0.957 bits per heavy atom. The third kappa shape index (κ3) is 2.57. The maximum Gasteiger partial charge on any atom is 0.337 e. The molecule has 3 rings (SSSR count). The fraction of sp³-hybridized carbons (Fsp3) is 0.111. The normalized spacial score (nSPS) is 14.8. The van der Waals surface area contributed by atoms with Gasteiger partial charge in [-0.3, -0.25) is 4.79 Å². The van der Waals surface area contributed by atoms with Crippen molar-refractivity contribution in [2.45, 2.75) is 0 Å². The molecule has 5 nitrogen and oxygen atoms in total. The fourth-order valence-corrected chi connectivity index (χ4v) is 2.60. The summed E-state index contributed by atoms with van der Waals surface area (Å²) >= 11 is 0. The Kier molecular flexibility index (Phi) is 3.85. The van der Waals surface area contributed by atoms with Gasteiger partial charge in [-0.2, -0.15) is 0 Å². The van der Waals surface area contributed by atoms with Crippen molar-refractivity contribution >= 4 is 28.9 Å². The Morgan fingerprint density at radius 3 is 2.35 bits per heavy atom. The third-order valence-electron chi connectivity index (χ3n) is 3.65. The van der Waals surface area contributed by atoms with Gasteiger partial charge in [-0.05, 0) is 12.1 Å². The lowest BCUT2D eigenvalue weighted by Crippen LogP contribution is -2.07. The molecular formula is C18H15NO4. The Labute approximate surface area is 133 Å². The second kappa shape index (κ2) is 5.96. The number of carbonyl (C=O) groups is 2. The van der Waals surface area contributed by atoms with Gasteiger partial charge in [0.05, 0.1) is 31.0 Å². The van der Waals surface area contributed by atoms with Crippen LogP contribution in [0.3, 0.4) is 0 Å². The number of fused-ring (bicyclic) bond motifs is 1. The molecule has 0 atom stereocenters. The minimum absolute atomic E-state index is 0.261. The summed E-state index contributed by atoms with van der Waals surface area (Å²) in [6, 6.07) is 14.4. The van der Waals surface area contributed by atoms with Crippen molar-refractivity contribution in [1.29, 1.82) is 0 Å². The number of amides is 1. The van der Waals surface area contributed by atoms with E-state index in [1.807, 2.05) is 30.3 Å².